The molecule has 0 N–H and O–H groups in total. The predicted molar refractivity (Wildman–Crippen MR) is 91.4 cm³/mol. The zero-order valence-corrected chi connectivity index (χ0v) is 13.8. The Morgan fingerprint density at radius 2 is 1.82 bits per heavy atom. The smallest absolute Gasteiger partial charge is 0.149 e. The summed E-state index contributed by atoms with van der Waals surface area (Å²) in [6, 6.07) is 7.34. The van der Waals surface area contributed by atoms with E-state index in [0.29, 0.717) is 5.69 Å². The topological polar surface area (TPSA) is 25.2 Å². The van der Waals surface area contributed by atoms with E-state index in [1.165, 1.54) is 6.07 Å². The molecule has 0 aliphatic rings. The molecular formula is C19H21FN2. The van der Waals surface area contributed by atoms with E-state index < -0.39 is 0 Å². The van der Waals surface area contributed by atoms with Crippen molar-refractivity contribution in [1.82, 2.24) is 4.98 Å². The Balaban J connectivity index is 2.49. The highest BCUT2D eigenvalue weighted by molar-refractivity contribution is 5.84. The minimum Gasteiger partial charge on any atom is -0.258 e. The third-order valence-electron chi connectivity index (χ3n) is 3.49. The van der Waals surface area contributed by atoms with Crippen molar-refractivity contribution < 1.29 is 4.39 Å². The molecule has 0 atom stereocenters. The van der Waals surface area contributed by atoms with Crippen LogP contribution in [0.5, 0.6) is 0 Å². The molecule has 114 valence electrons. The molecule has 0 spiro atoms. The lowest BCUT2D eigenvalue weighted by atomic mass is 9.96. The van der Waals surface area contributed by atoms with Gasteiger partial charge in [-0.3, -0.25) is 9.98 Å². The van der Waals surface area contributed by atoms with Gasteiger partial charge in [0.15, 0.2) is 0 Å². The molecule has 0 bridgehead atoms. The molecule has 3 heteroatoms. The first-order valence-corrected chi connectivity index (χ1v) is 7.25. The largest absolute Gasteiger partial charge is 0.258 e. The summed E-state index contributed by atoms with van der Waals surface area (Å²) >= 11 is 0. The Morgan fingerprint density at radius 3 is 2.36 bits per heavy atom. The van der Waals surface area contributed by atoms with Crippen LogP contribution in [-0.2, 0) is 0 Å². The van der Waals surface area contributed by atoms with Gasteiger partial charge in [0, 0.05) is 22.7 Å². The lowest BCUT2D eigenvalue weighted by Crippen LogP contribution is -1.96. The fraction of sp³-hybridized carbons (Fsp3) is 0.263. The first kappa shape index (κ1) is 16.1. The summed E-state index contributed by atoms with van der Waals surface area (Å²) in [6.45, 7) is 13.6. The van der Waals surface area contributed by atoms with Crippen molar-refractivity contribution in [2.24, 2.45) is 4.99 Å². The van der Waals surface area contributed by atoms with Gasteiger partial charge in [-0.1, -0.05) is 12.6 Å². The van der Waals surface area contributed by atoms with Crippen LogP contribution >= 0.6 is 0 Å². The maximum absolute atomic E-state index is 14.3. The van der Waals surface area contributed by atoms with Crippen molar-refractivity contribution in [3.63, 3.8) is 0 Å². The summed E-state index contributed by atoms with van der Waals surface area (Å²) < 4.78 is 14.3. The van der Waals surface area contributed by atoms with Gasteiger partial charge in [0.05, 0.1) is 0 Å². The van der Waals surface area contributed by atoms with Gasteiger partial charge in [0.2, 0.25) is 0 Å². The number of rotatable bonds is 3. The van der Waals surface area contributed by atoms with Gasteiger partial charge < -0.3 is 0 Å². The molecule has 0 saturated heterocycles. The second kappa shape index (κ2) is 6.22. The fourth-order valence-corrected chi connectivity index (χ4v) is 2.44. The number of aliphatic imine (C=N–C) groups is 1. The van der Waals surface area contributed by atoms with Crippen molar-refractivity contribution in [2.75, 3.05) is 0 Å². The normalized spacial score (nSPS) is 10.5. The van der Waals surface area contributed by atoms with Crippen molar-refractivity contribution in [3.8, 4) is 0 Å². The van der Waals surface area contributed by atoms with Crippen molar-refractivity contribution in [2.45, 2.75) is 34.6 Å². The molecule has 2 nitrogen and oxygen atoms in total. The van der Waals surface area contributed by atoms with Crippen LogP contribution in [0.4, 0.5) is 10.1 Å². The minimum absolute atomic E-state index is 0.324. The van der Waals surface area contributed by atoms with E-state index in [4.69, 9.17) is 0 Å². The van der Waals surface area contributed by atoms with E-state index in [2.05, 4.69) is 16.6 Å². The maximum Gasteiger partial charge on any atom is 0.149 e. The molecule has 1 aromatic heterocycles. The Kier molecular flexibility index (Phi) is 4.55. The number of halogens is 1. The average molecular weight is 296 g/mol. The highest BCUT2D eigenvalue weighted by atomic mass is 19.1. The van der Waals surface area contributed by atoms with Gasteiger partial charge in [0.25, 0.3) is 0 Å². The molecule has 2 aromatic rings. The Bertz CT molecular complexity index is 746. The first-order chi connectivity index (χ1) is 10.3. The van der Waals surface area contributed by atoms with Crippen LogP contribution in [0, 0.1) is 26.6 Å². The highest BCUT2D eigenvalue weighted by Gasteiger charge is 2.12. The van der Waals surface area contributed by atoms with Crippen LogP contribution in [0.3, 0.4) is 0 Å². The summed E-state index contributed by atoms with van der Waals surface area (Å²) in [5.74, 6) is -0.324. The Morgan fingerprint density at radius 1 is 1.14 bits per heavy atom. The molecule has 1 aromatic carbocycles. The standard InChI is InChI=1S/C19H21FN2/c1-11(2)21-19-12(3)9-16(10-18(19)20)14(5)17-8-7-13(4)22-15(17)6/h7-10H,5H2,1-4,6H3. The zero-order chi connectivity index (χ0) is 16.4. The van der Waals surface area contributed by atoms with E-state index in [-0.39, 0.29) is 5.82 Å². The molecule has 0 unspecified atom stereocenters. The van der Waals surface area contributed by atoms with Crippen LogP contribution in [0.25, 0.3) is 5.57 Å². The van der Waals surface area contributed by atoms with Crippen LogP contribution in [-0.4, -0.2) is 10.7 Å². The van der Waals surface area contributed by atoms with Crippen LogP contribution in [0.15, 0.2) is 35.8 Å². The Hall–Kier alpha value is -2.29. The third kappa shape index (κ3) is 3.30. The lowest BCUT2D eigenvalue weighted by Gasteiger charge is -2.12. The molecule has 0 saturated carbocycles. The summed E-state index contributed by atoms with van der Waals surface area (Å²) in [7, 11) is 0. The van der Waals surface area contributed by atoms with E-state index in [1.54, 1.807) is 0 Å². The van der Waals surface area contributed by atoms with Gasteiger partial charge in [0.1, 0.15) is 11.5 Å². The first-order valence-electron chi connectivity index (χ1n) is 7.25. The van der Waals surface area contributed by atoms with Crippen molar-refractivity contribution in [3.05, 3.63) is 64.7 Å². The molecule has 0 fully saturated rings. The number of aryl methyl sites for hydroxylation is 3. The summed E-state index contributed by atoms with van der Waals surface area (Å²) in [5.41, 5.74) is 6.35. The minimum atomic E-state index is -0.324. The zero-order valence-electron chi connectivity index (χ0n) is 13.8. The monoisotopic (exact) mass is 296 g/mol. The van der Waals surface area contributed by atoms with E-state index >= 15 is 0 Å². The second-order valence-electron chi connectivity index (χ2n) is 5.75. The number of aromatic nitrogens is 1. The van der Waals surface area contributed by atoms with Crippen molar-refractivity contribution in [1.29, 1.82) is 0 Å². The van der Waals surface area contributed by atoms with E-state index in [9.17, 15) is 4.39 Å². The van der Waals surface area contributed by atoms with Crippen LogP contribution in [0.2, 0.25) is 0 Å². The molecule has 22 heavy (non-hydrogen) atoms. The third-order valence-corrected chi connectivity index (χ3v) is 3.49. The van der Waals surface area contributed by atoms with Crippen LogP contribution in [0.1, 0.15) is 41.9 Å². The molecular weight excluding hydrogens is 275 g/mol. The highest BCUT2D eigenvalue weighted by Crippen LogP contribution is 2.30. The van der Waals surface area contributed by atoms with Gasteiger partial charge in [-0.25, -0.2) is 4.39 Å². The summed E-state index contributed by atoms with van der Waals surface area (Å²) in [6.07, 6.45) is 0. The Labute approximate surface area is 131 Å². The van der Waals surface area contributed by atoms with E-state index in [0.717, 1.165) is 39.4 Å². The van der Waals surface area contributed by atoms with Gasteiger partial charge in [-0.15, -0.1) is 0 Å². The summed E-state index contributed by atoms with van der Waals surface area (Å²) in [5, 5.41) is 0. The van der Waals surface area contributed by atoms with E-state index in [1.807, 2.05) is 52.8 Å². The van der Waals surface area contributed by atoms with Crippen LogP contribution < -0.4 is 0 Å². The molecule has 1 heterocycles. The maximum atomic E-state index is 14.3. The lowest BCUT2D eigenvalue weighted by molar-refractivity contribution is 0.628. The number of hydrogen-bond acceptors (Lipinski definition) is 2. The average Bonchev–Trinajstić information content (AvgIpc) is 2.41. The quantitative estimate of drug-likeness (QED) is 0.704. The SMILES string of the molecule is C=C(c1cc(C)c(N=C(C)C)c(F)c1)c1ccc(C)nc1C. The number of benzene rings is 1. The number of nitrogens with zero attached hydrogens (tertiary/aromatic N) is 2. The predicted octanol–water partition coefficient (Wildman–Crippen LogP) is 5.32. The molecule has 0 aliphatic carbocycles. The van der Waals surface area contributed by atoms with Crippen molar-refractivity contribution >= 4 is 17.0 Å². The fourth-order valence-electron chi connectivity index (χ4n) is 2.44. The van der Waals surface area contributed by atoms with Gasteiger partial charge in [-0.2, -0.15) is 0 Å². The second-order valence-corrected chi connectivity index (χ2v) is 5.75. The van der Waals surface area contributed by atoms with Gasteiger partial charge >= 0.3 is 0 Å². The molecule has 0 radical (unpaired) electrons. The molecule has 0 amide bonds. The molecule has 2 rings (SSSR count). The number of pyridine rings is 1. The number of hydrogen-bond donors (Lipinski definition) is 0. The molecule has 0 aliphatic heterocycles. The summed E-state index contributed by atoms with van der Waals surface area (Å²) in [4.78, 5) is 8.71. The van der Waals surface area contributed by atoms with Gasteiger partial charge in [-0.05, 0) is 69.5 Å².